The summed E-state index contributed by atoms with van der Waals surface area (Å²) in [6, 6.07) is 3.79. The molecule has 12 nitrogen and oxygen atoms in total. The minimum absolute atomic E-state index is 0.168. The van der Waals surface area contributed by atoms with E-state index in [4.69, 9.17) is 13.9 Å². The zero-order valence-electron chi connectivity index (χ0n) is 16.9. The van der Waals surface area contributed by atoms with Crippen LogP contribution in [0.3, 0.4) is 0 Å². The van der Waals surface area contributed by atoms with E-state index in [2.05, 4.69) is 0 Å². The Labute approximate surface area is 184 Å². The van der Waals surface area contributed by atoms with Crippen molar-refractivity contribution in [3.05, 3.63) is 34.5 Å². The van der Waals surface area contributed by atoms with Gasteiger partial charge in [0.1, 0.15) is 40.8 Å². The molecule has 2 aromatic carbocycles. The van der Waals surface area contributed by atoms with Crippen molar-refractivity contribution in [2.24, 2.45) is 0 Å². The van der Waals surface area contributed by atoms with Gasteiger partial charge in [0.25, 0.3) is 0 Å². The number of benzene rings is 2. The molecule has 0 aliphatic carbocycles. The Morgan fingerprint density at radius 1 is 0.848 bits per heavy atom. The number of fused-ring (bicyclic) bond motifs is 1. The highest BCUT2D eigenvalue weighted by molar-refractivity contribution is 5.88. The van der Waals surface area contributed by atoms with E-state index < -0.39 is 81.8 Å². The highest BCUT2D eigenvalue weighted by Crippen LogP contribution is 2.43. The number of phenolic OH excluding ortho intramolecular Hbond substituents is 5. The Morgan fingerprint density at radius 2 is 1.48 bits per heavy atom. The van der Waals surface area contributed by atoms with Gasteiger partial charge in [-0.05, 0) is 19.1 Å². The lowest BCUT2D eigenvalue weighted by Crippen LogP contribution is -2.58. The molecule has 1 fully saturated rings. The third-order valence-electron chi connectivity index (χ3n) is 5.29. The van der Waals surface area contributed by atoms with Crippen LogP contribution >= 0.6 is 0 Å². The first-order chi connectivity index (χ1) is 15.5. The zero-order valence-corrected chi connectivity index (χ0v) is 16.9. The average Bonchev–Trinajstić information content (AvgIpc) is 2.74. The molecule has 1 saturated heterocycles. The molecule has 1 aromatic heterocycles. The van der Waals surface area contributed by atoms with Gasteiger partial charge in [-0.1, -0.05) is 0 Å². The number of aliphatic hydroxyl groups excluding tert-OH is 3. The Morgan fingerprint density at radius 3 is 2.12 bits per heavy atom. The molecule has 0 bridgehead atoms. The van der Waals surface area contributed by atoms with Crippen molar-refractivity contribution in [1.29, 1.82) is 0 Å². The fourth-order valence-electron chi connectivity index (χ4n) is 3.53. The molecule has 0 amide bonds. The quantitative estimate of drug-likeness (QED) is 0.244. The van der Waals surface area contributed by atoms with Crippen LogP contribution < -0.4 is 10.2 Å². The first-order valence-electron chi connectivity index (χ1n) is 9.64. The third-order valence-corrected chi connectivity index (χ3v) is 5.29. The maximum Gasteiger partial charge on any atom is 0.239 e. The summed E-state index contributed by atoms with van der Waals surface area (Å²) in [6.45, 7) is 1.39. The summed E-state index contributed by atoms with van der Waals surface area (Å²) >= 11 is 0. The predicted octanol–water partition coefficient (Wildman–Crippen LogP) is 0.194. The van der Waals surface area contributed by atoms with Gasteiger partial charge < -0.3 is 54.7 Å². The number of ether oxygens (including phenoxy) is 2. The maximum absolute atomic E-state index is 13.2. The molecule has 33 heavy (non-hydrogen) atoms. The number of rotatable bonds is 3. The van der Waals surface area contributed by atoms with Gasteiger partial charge >= 0.3 is 0 Å². The fraction of sp³-hybridized carbons (Fsp3) is 0.286. The molecule has 1 aliphatic heterocycles. The van der Waals surface area contributed by atoms with E-state index in [1.165, 1.54) is 6.92 Å². The van der Waals surface area contributed by atoms with Crippen LogP contribution in [0.1, 0.15) is 6.92 Å². The average molecular weight is 464 g/mol. The highest BCUT2D eigenvalue weighted by Gasteiger charge is 2.44. The van der Waals surface area contributed by atoms with Crippen molar-refractivity contribution in [1.82, 2.24) is 0 Å². The Kier molecular flexibility index (Phi) is 5.46. The van der Waals surface area contributed by atoms with Gasteiger partial charge in [0.05, 0.1) is 6.10 Å². The van der Waals surface area contributed by atoms with Gasteiger partial charge in [0.2, 0.25) is 17.5 Å². The van der Waals surface area contributed by atoms with Crippen LogP contribution in [-0.4, -0.2) is 71.6 Å². The molecule has 5 atom stereocenters. The molecule has 3 aromatic rings. The highest BCUT2D eigenvalue weighted by atomic mass is 16.7. The molecular formula is C21H20O12. The number of phenols is 5. The third kappa shape index (κ3) is 3.74. The van der Waals surface area contributed by atoms with E-state index in [0.29, 0.717) is 0 Å². The topological polar surface area (TPSA) is 211 Å². The molecule has 176 valence electrons. The lowest BCUT2D eigenvalue weighted by atomic mass is 10.00. The monoisotopic (exact) mass is 464 g/mol. The van der Waals surface area contributed by atoms with Gasteiger partial charge in [0.15, 0.2) is 23.0 Å². The molecule has 0 spiro atoms. The molecule has 0 radical (unpaired) electrons. The van der Waals surface area contributed by atoms with Gasteiger partial charge in [-0.25, -0.2) is 0 Å². The van der Waals surface area contributed by atoms with Crippen LogP contribution in [-0.2, 0) is 4.74 Å². The molecule has 8 N–H and O–H groups in total. The van der Waals surface area contributed by atoms with Crippen molar-refractivity contribution < 1.29 is 54.7 Å². The van der Waals surface area contributed by atoms with Crippen molar-refractivity contribution >= 4 is 11.0 Å². The molecule has 0 unspecified atom stereocenters. The van der Waals surface area contributed by atoms with Gasteiger partial charge in [-0.15, -0.1) is 0 Å². The normalized spacial score (nSPS) is 25.3. The summed E-state index contributed by atoms with van der Waals surface area (Å²) in [5.74, 6) is -4.55. The molecule has 2 heterocycles. The number of aromatic hydroxyl groups is 5. The Balaban J connectivity index is 1.95. The lowest BCUT2D eigenvalue weighted by Gasteiger charge is -2.38. The number of hydrogen-bond acceptors (Lipinski definition) is 12. The second-order valence-corrected chi connectivity index (χ2v) is 7.59. The minimum Gasteiger partial charge on any atom is -0.508 e. The van der Waals surface area contributed by atoms with Crippen molar-refractivity contribution in [3.63, 3.8) is 0 Å². The number of aliphatic hydroxyl groups is 3. The van der Waals surface area contributed by atoms with E-state index in [1.807, 2.05) is 0 Å². The zero-order chi connectivity index (χ0) is 24.2. The van der Waals surface area contributed by atoms with Crippen LogP contribution in [0.4, 0.5) is 0 Å². The van der Waals surface area contributed by atoms with Crippen molar-refractivity contribution in [2.45, 2.75) is 37.6 Å². The predicted molar refractivity (Wildman–Crippen MR) is 109 cm³/mol. The number of hydrogen-bond donors (Lipinski definition) is 8. The van der Waals surface area contributed by atoms with E-state index in [-0.39, 0.29) is 11.1 Å². The summed E-state index contributed by atoms with van der Waals surface area (Å²) in [6.07, 6.45) is -7.59. The molecule has 1 aliphatic rings. The Hall–Kier alpha value is -3.71. The van der Waals surface area contributed by atoms with Crippen molar-refractivity contribution in [3.8, 4) is 45.8 Å². The van der Waals surface area contributed by atoms with E-state index in [1.54, 1.807) is 0 Å². The summed E-state index contributed by atoms with van der Waals surface area (Å²) in [7, 11) is 0. The molecule has 0 saturated carbocycles. The van der Waals surface area contributed by atoms with Crippen LogP contribution in [0, 0.1) is 0 Å². The van der Waals surface area contributed by atoms with Gasteiger partial charge in [-0.2, -0.15) is 0 Å². The smallest absolute Gasteiger partial charge is 0.239 e. The summed E-state index contributed by atoms with van der Waals surface area (Å²) < 4.78 is 16.5. The lowest BCUT2D eigenvalue weighted by molar-refractivity contribution is -0.268. The second-order valence-electron chi connectivity index (χ2n) is 7.59. The first kappa shape index (κ1) is 22.5. The van der Waals surface area contributed by atoms with E-state index in [9.17, 15) is 45.6 Å². The molecule has 4 rings (SSSR count). The van der Waals surface area contributed by atoms with Gasteiger partial charge in [-0.3, -0.25) is 4.79 Å². The summed E-state index contributed by atoms with van der Waals surface area (Å²) in [4.78, 5) is 13.2. The van der Waals surface area contributed by atoms with Crippen LogP contribution in [0.5, 0.6) is 34.5 Å². The maximum atomic E-state index is 13.2. The first-order valence-corrected chi connectivity index (χ1v) is 9.64. The van der Waals surface area contributed by atoms with Crippen molar-refractivity contribution in [2.75, 3.05) is 0 Å². The van der Waals surface area contributed by atoms with E-state index >= 15 is 0 Å². The largest absolute Gasteiger partial charge is 0.508 e. The van der Waals surface area contributed by atoms with Gasteiger partial charge in [0, 0.05) is 17.7 Å². The minimum atomic E-state index is -1.80. The van der Waals surface area contributed by atoms with E-state index in [0.717, 1.165) is 24.3 Å². The van der Waals surface area contributed by atoms with Crippen LogP contribution in [0.25, 0.3) is 22.3 Å². The fourth-order valence-corrected chi connectivity index (χ4v) is 3.53. The second kappa shape index (κ2) is 8.01. The molecular weight excluding hydrogens is 444 g/mol. The van der Waals surface area contributed by atoms with Crippen LogP contribution in [0.2, 0.25) is 0 Å². The SMILES string of the molecule is C[C@@H]1O[C@@H](Oc2c(-c3cc(O)c(O)c(O)c3)oc3cc(O)cc(O)c3c2=O)[C@@H](O)[C@@H](O)[C@@H]1O. The van der Waals surface area contributed by atoms with Crippen LogP contribution in [0.15, 0.2) is 33.5 Å². The Bertz CT molecular complexity index is 1260. The standard InChI is InChI=1S/C21H20O12/c1-6-14(26)17(29)18(30)21(31-6)33-20-16(28)13-9(23)4-8(22)5-12(13)32-19(20)7-2-10(24)15(27)11(25)3-7/h2-6,14,17-18,21-27,29-30H,1H3/t6-,14+,17-,18-,21-/m0/s1. The summed E-state index contributed by atoms with van der Waals surface area (Å²) in [5, 5.41) is 79.1. The summed E-state index contributed by atoms with van der Waals surface area (Å²) in [5.41, 5.74) is -1.45. The molecule has 12 heteroatoms.